The van der Waals surface area contributed by atoms with E-state index in [4.69, 9.17) is 10.5 Å². The maximum absolute atomic E-state index is 13.0. The van der Waals surface area contributed by atoms with Gasteiger partial charge >= 0.3 is 0 Å². The van der Waals surface area contributed by atoms with Crippen LogP contribution in [0.25, 0.3) is 0 Å². The van der Waals surface area contributed by atoms with Crippen molar-refractivity contribution in [2.24, 2.45) is 11.1 Å². The lowest BCUT2D eigenvalue weighted by Crippen LogP contribution is -2.54. The molecular weight excluding hydrogens is 326 g/mol. The number of nitrogens with two attached hydrogens (primary N) is 1. The van der Waals surface area contributed by atoms with Crippen LogP contribution in [0.2, 0.25) is 0 Å². The summed E-state index contributed by atoms with van der Waals surface area (Å²) in [6.45, 7) is 4.63. The average molecular weight is 360 g/mol. The number of benzene rings is 1. The van der Waals surface area contributed by atoms with Gasteiger partial charge in [-0.1, -0.05) is 43.2 Å². The molecule has 1 amide bonds. The van der Waals surface area contributed by atoms with Crippen LogP contribution in [0.1, 0.15) is 44.1 Å². The molecule has 26 heavy (non-hydrogen) atoms. The Morgan fingerprint density at radius 2 is 1.96 bits per heavy atom. The highest BCUT2D eigenvalue weighted by atomic mass is 16.5. The minimum atomic E-state index is -0.440. The molecular formula is C21H33N3O2. The van der Waals surface area contributed by atoms with E-state index in [0.29, 0.717) is 19.8 Å². The van der Waals surface area contributed by atoms with Gasteiger partial charge in [0.1, 0.15) is 0 Å². The molecule has 3 N–H and O–H groups in total. The van der Waals surface area contributed by atoms with Gasteiger partial charge in [0.15, 0.2) is 0 Å². The van der Waals surface area contributed by atoms with Crippen LogP contribution in [0.15, 0.2) is 30.3 Å². The Balaban J connectivity index is 1.62. The Kier molecular flexibility index (Phi) is 7.06. The SMILES string of the molecule is NCC1(C(=O)NC2CCCCCN(Cc3ccccc3)C2)CCOCC1. The zero-order valence-electron chi connectivity index (χ0n) is 15.8. The molecule has 1 aromatic carbocycles. The van der Waals surface area contributed by atoms with Crippen molar-refractivity contribution >= 4 is 5.91 Å². The summed E-state index contributed by atoms with van der Waals surface area (Å²) in [6, 6.07) is 10.8. The van der Waals surface area contributed by atoms with Crippen LogP contribution in [-0.2, 0) is 16.1 Å². The van der Waals surface area contributed by atoms with Gasteiger partial charge in [-0.25, -0.2) is 0 Å². The van der Waals surface area contributed by atoms with Crippen molar-refractivity contribution in [3.8, 4) is 0 Å². The molecule has 5 nitrogen and oxygen atoms in total. The molecule has 1 aromatic rings. The molecule has 5 heteroatoms. The van der Waals surface area contributed by atoms with Gasteiger partial charge in [-0.2, -0.15) is 0 Å². The summed E-state index contributed by atoms with van der Waals surface area (Å²) in [5, 5.41) is 3.35. The minimum absolute atomic E-state index is 0.133. The number of hydrogen-bond acceptors (Lipinski definition) is 4. The highest BCUT2D eigenvalue weighted by molar-refractivity contribution is 5.83. The lowest BCUT2D eigenvalue weighted by atomic mass is 9.79. The average Bonchev–Trinajstić information content (AvgIpc) is 2.66. The molecule has 144 valence electrons. The van der Waals surface area contributed by atoms with Gasteiger partial charge in [0.2, 0.25) is 5.91 Å². The zero-order chi connectivity index (χ0) is 18.2. The van der Waals surface area contributed by atoms with E-state index in [-0.39, 0.29) is 11.9 Å². The quantitative estimate of drug-likeness (QED) is 0.847. The normalized spacial score (nSPS) is 24.4. The molecule has 0 aromatic heterocycles. The second-order valence-corrected chi connectivity index (χ2v) is 7.84. The van der Waals surface area contributed by atoms with Gasteiger partial charge in [-0.3, -0.25) is 9.69 Å². The predicted octanol–water partition coefficient (Wildman–Crippen LogP) is 2.30. The standard InChI is InChI=1S/C21H33N3O2/c22-17-21(10-13-26-14-11-21)20(25)23-19-9-5-2-6-12-24(16-19)15-18-7-3-1-4-8-18/h1,3-4,7-8,19H,2,5-6,9-17,22H2,(H,23,25). The fourth-order valence-corrected chi connectivity index (χ4v) is 4.12. The maximum atomic E-state index is 13.0. The number of ether oxygens (including phenoxy) is 1. The van der Waals surface area contributed by atoms with E-state index in [9.17, 15) is 4.79 Å². The van der Waals surface area contributed by atoms with Gasteiger partial charge in [0, 0.05) is 38.9 Å². The molecule has 0 spiro atoms. The van der Waals surface area contributed by atoms with Crippen molar-refractivity contribution in [1.29, 1.82) is 0 Å². The van der Waals surface area contributed by atoms with Gasteiger partial charge in [0.25, 0.3) is 0 Å². The van der Waals surface area contributed by atoms with Crippen molar-refractivity contribution in [3.63, 3.8) is 0 Å². The molecule has 3 rings (SSSR count). The molecule has 2 aliphatic heterocycles. The first kappa shape index (κ1) is 19.3. The Labute approximate surface area is 157 Å². The fraction of sp³-hybridized carbons (Fsp3) is 0.667. The number of carbonyl (C=O) groups is 1. The van der Waals surface area contributed by atoms with Crippen LogP contribution < -0.4 is 11.1 Å². The Bertz CT molecular complexity index is 558. The number of amides is 1. The summed E-state index contributed by atoms with van der Waals surface area (Å²) in [5.74, 6) is 0.133. The monoisotopic (exact) mass is 359 g/mol. The lowest BCUT2D eigenvalue weighted by molar-refractivity contribution is -0.136. The third kappa shape index (κ3) is 5.06. The first-order chi connectivity index (χ1) is 12.7. The fourth-order valence-electron chi connectivity index (χ4n) is 4.12. The van der Waals surface area contributed by atoms with Crippen LogP contribution in [-0.4, -0.2) is 49.7 Å². The third-order valence-corrected chi connectivity index (χ3v) is 5.91. The number of nitrogens with zero attached hydrogens (tertiary/aromatic N) is 1. The van der Waals surface area contributed by atoms with Crippen LogP contribution in [0.4, 0.5) is 0 Å². The van der Waals surface area contributed by atoms with Gasteiger partial charge in [-0.15, -0.1) is 0 Å². The van der Waals surface area contributed by atoms with E-state index in [2.05, 4.69) is 40.5 Å². The molecule has 0 radical (unpaired) electrons. The van der Waals surface area contributed by atoms with Crippen LogP contribution >= 0.6 is 0 Å². The summed E-state index contributed by atoms with van der Waals surface area (Å²) < 4.78 is 5.44. The maximum Gasteiger partial charge on any atom is 0.227 e. The first-order valence-corrected chi connectivity index (χ1v) is 10.1. The van der Waals surface area contributed by atoms with Crippen molar-refractivity contribution in [2.45, 2.75) is 51.1 Å². The third-order valence-electron chi connectivity index (χ3n) is 5.91. The number of nitrogens with one attached hydrogen (secondary N) is 1. The summed E-state index contributed by atoms with van der Waals surface area (Å²) in [4.78, 5) is 15.5. The smallest absolute Gasteiger partial charge is 0.227 e. The Morgan fingerprint density at radius 3 is 2.69 bits per heavy atom. The predicted molar refractivity (Wildman–Crippen MR) is 104 cm³/mol. The second kappa shape index (κ2) is 9.49. The largest absolute Gasteiger partial charge is 0.381 e. The lowest BCUT2D eigenvalue weighted by Gasteiger charge is -2.37. The Morgan fingerprint density at radius 1 is 1.19 bits per heavy atom. The Hall–Kier alpha value is -1.43. The van der Waals surface area contributed by atoms with Gasteiger partial charge in [-0.05, 0) is 37.8 Å². The molecule has 0 bridgehead atoms. The highest BCUT2D eigenvalue weighted by Crippen LogP contribution is 2.30. The van der Waals surface area contributed by atoms with E-state index in [1.54, 1.807) is 0 Å². The highest BCUT2D eigenvalue weighted by Gasteiger charge is 2.39. The molecule has 0 aliphatic carbocycles. The van der Waals surface area contributed by atoms with Crippen molar-refractivity contribution in [3.05, 3.63) is 35.9 Å². The number of hydrogen-bond donors (Lipinski definition) is 2. The van der Waals surface area contributed by atoms with Crippen LogP contribution in [0.5, 0.6) is 0 Å². The van der Waals surface area contributed by atoms with Gasteiger partial charge in [0.05, 0.1) is 5.41 Å². The van der Waals surface area contributed by atoms with Crippen molar-refractivity contribution < 1.29 is 9.53 Å². The number of rotatable bonds is 5. The molecule has 1 atom stereocenters. The second-order valence-electron chi connectivity index (χ2n) is 7.84. The molecule has 2 saturated heterocycles. The summed E-state index contributed by atoms with van der Waals surface area (Å²) in [7, 11) is 0. The summed E-state index contributed by atoms with van der Waals surface area (Å²) >= 11 is 0. The molecule has 0 saturated carbocycles. The zero-order valence-corrected chi connectivity index (χ0v) is 15.8. The topological polar surface area (TPSA) is 67.6 Å². The molecule has 1 unspecified atom stereocenters. The van der Waals surface area contributed by atoms with Crippen LogP contribution in [0, 0.1) is 5.41 Å². The van der Waals surface area contributed by atoms with E-state index >= 15 is 0 Å². The molecule has 2 heterocycles. The number of carbonyl (C=O) groups excluding carboxylic acids is 1. The van der Waals surface area contributed by atoms with Crippen molar-refractivity contribution in [1.82, 2.24) is 10.2 Å². The summed E-state index contributed by atoms with van der Waals surface area (Å²) in [6.07, 6.45) is 6.16. The minimum Gasteiger partial charge on any atom is -0.381 e. The summed E-state index contributed by atoms with van der Waals surface area (Å²) in [5.41, 5.74) is 6.90. The first-order valence-electron chi connectivity index (χ1n) is 10.1. The van der Waals surface area contributed by atoms with E-state index in [0.717, 1.165) is 38.9 Å². The van der Waals surface area contributed by atoms with E-state index < -0.39 is 5.41 Å². The van der Waals surface area contributed by atoms with Crippen molar-refractivity contribution in [2.75, 3.05) is 32.8 Å². The van der Waals surface area contributed by atoms with Crippen LogP contribution in [0.3, 0.4) is 0 Å². The van der Waals surface area contributed by atoms with E-state index in [1.165, 1.54) is 24.8 Å². The number of likely N-dealkylation sites (tertiary alicyclic amines) is 1. The van der Waals surface area contributed by atoms with E-state index in [1.807, 2.05) is 0 Å². The van der Waals surface area contributed by atoms with Gasteiger partial charge < -0.3 is 15.8 Å². The molecule has 2 fully saturated rings. The molecule has 2 aliphatic rings.